The summed E-state index contributed by atoms with van der Waals surface area (Å²) in [6.45, 7) is 9.54. The molecule has 0 bridgehead atoms. The third-order valence-corrected chi connectivity index (χ3v) is 2.56. The Balaban J connectivity index is 3.22. The lowest BCUT2D eigenvalue weighted by Crippen LogP contribution is -2.05. The summed E-state index contributed by atoms with van der Waals surface area (Å²) >= 11 is 0. The third-order valence-electron chi connectivity index (χ3n) is 2.56. The Kier molecular flexibility index (Phi) is 3.35. The van der Waals surface area contributed by atoms with Crippen molar-refractivity contribution in [2.45, 2.75) is 46.6 Å². The van der Waals surface area contributed by atoms with Gasteiger partial charge in [-0.15, -0.1) is 0 Å². The molecule has 0 unspecified atom stereocenters. The van der Waals surface area contributed by atoms with Gasteiger partial charge in [0, 0.05) is 17.9 Å². The van der Waals surface area contributed by atoms with Crippen LogP contribution in [0.2, 0.25) is 0 Å². The standard InChI is InChI=1S/C12H18N2/c1-5-6-14-10(4)11(8-13)7-12(14)9(2)3/h7,9H,5-6H2,1-4H3. The molecule has 0 aliphatic carbocycles. The van der Waals surface area contributed by atoms with Crippen molar-refractivity contribution in [2.75, 3.05) is 0 Å². The Morgan fingerprint density at radius 1 is 1.50 bits per heavy atom. The molecule has 0 aliphatic heterocycles. The van der Waals surface area contributed by atoms with E-state index < -0.39 is 0 Å². The van der Waals surface area contributed by atoms with Gasteiger partial charge in [0.25, 0.3) is 0 Å². The van der Waals surface area contributed by atoms with E-state index in [-0.39, 0.29) is 0 Å². The van der Waals surface area contributed by atoms with Gasteiger partial charge in [-0.05, 0) is 25.3 Å². The van der Waals surface area contributed by atoms with Gasteiger partial charge in [0.05, 0.1) is 5.56 Å². The number of rotatable bonds is 3. The first-order chi connectivity index (χ1) is 6.61. The van der Waals surface area contributed by atoms with Crippen molar-refractivity contribution in [1.29, 1.82) is 5.26 Å². The molecule has 0 atom stereocenters. The molecule has 2 heteroatoms. The van der Waals surface area contributed by atoms with Gasteiger partial charge < -0.3 is 4.57 Å². The lowest BCUT2D eigenvalue weighted by Gasteiger charge is -2.12. The van der Waals surface area contributed by atoms with Crippen molar-refractivity contribution in [3.63, 3.8) is 0 Å². The Morgan fingerprint density at radius 3 is 2.57 bits per heavy atom. The number of aromatic nitrogens is 1. The highest BCUT2D eigenvalue weighted by molar-refractivity contribution is 5.38. The Hall–Kier alpha value is -1.23. The van der Waals surface area contributed by atoms with Crippen molar-refractivity contribution in [3.05, 3.63) is 23.0 Å². The van der Waals surface area contributed by atoms with Crippen molar-refractivity contribution in [2.24, 2.45) is 0 Å². The molecule has 76 valence electrons. The van der Waals surface area contributed by atoms with Crippen LogP contribution in [0, 0.1) is 18.3 Å². The van der Waals surface area contributed by atoms with Crippen molar-refractivity contribution in [3.8, 4) is 6.07 Å². The molecule has 0 amide bonds. The van der Waals surface area contributed by atoms with Crippen LogP contribution < -0.4 is 0 Å². The molecule has 0 saturated carbocycles. The van der Waals surface area contributed by atoms with E-state index in [9.17, 15) is 0 Å². The van der Waals surface area contributed by atoms with Crippen LogP contribution in [0.4, 0.5) is 0 Å². The fraction of sp³-hybridized carbons (Fsp3) is 0.583. The summed E-state index contributed by atoms with van der Waals surface area (Å²) in [5.74, 6) is 0.488. The van der Waals surface area contributed by atoms with Crippen LogP contribution in [-0.4, -0.2) is 4.57 Å². The molecule has 2 nitrogen and oxygen atoms in total. The highest BCUT2D eigenvalue weighted by Gasteiger charge is 2.12. The number of nitriles is 1. The second-order valence-electron chi connectivity index (χ2n) is 3.99. The quantitative estimate of drug-likeness (QED) is 0.719. The third kappa shape index (κ3) is 1.82. The first-order valence-corrected chi connectivity index (χ1v) is 5.21. The van der Waals surface area contributed by atoms with Gasteiger partial charge in [0.15, 0.2) is 0 Å². The Morgan fingerprint density at radius 2 is 2.14 bits per heavy atom. The Bertz CT molecular complexity index is 353. The predicted molar refractivity (Wildman–Crippen MR) is 58.3 cm³/mol. The topological polar surface area (TPSA) is 28.7 Å². The zero-order valence-electron chi connectivity index (χ0n) is 9.46. The maximum absolute atomic E-state index is 8.94. The van der Waals surface area contributed by atoms with E-state index >= 15 is 0 Å². The minimum Gasteiger partial charge on any atom is -0.347 e. The van der Waals surface area contributed by atoms with E-state index in [1.54, 1.807) is 0 Å². The van der Waals surface area contributed by atoms with E-state index in [0.717, 1.165) is 24.2 Å². The molecule has 0 aromatic carbocycles. The van der Waals surface area contributed by atoms with E-state index in [1.807, 2.05) is 13.0 Å². The lowest BCUT2D eigenvalue weighted by atomic mass is 10.1. The minimum absolute atomic E-state index is 0.488. The van der Waals surface area contributed by atoms with Crippen LogP contribution in [0.5, 0.6) is 0 Å². The number of hydrogen-bond acceptors (Lipinski definition) is 1. The second-order valence-corrected chi connectivity index (χ2v) is 3.99. The summed E-state index contributed by atoms with van der Waals surface area (Å²) in [4.78, 5) is 0. The summed E-state index contributed by atoms with van der Waals surface area (Å²) in [7, 11) is 0. The lowest BCUT2D eigenvalue weighted by molar-refractivity contribution is 0.610. The van der Waals surface area contributed by atoms with Gasteiger partial charge in [0.1, 0.15) is 6.07 Å². The van der Waals surface area contributed by atoms with Gasteiger partial charge in [-0.2, -0.15) is 5.26 Å². The monoisotopic (exact) mass is 190 g/mol. The number of nitrogens with zero attached hydrogens (tertiary/aromatic N) is 2. The molecule has 1 heterocycles. The zero-order valence-corrected chi connectivity index (χ0v) is 9.46. The minimum atomic E-state index is 0.488. The largest absolute Gasteiger partial charge is 0.347 e. The van der Waals surface area contributed by atoms with Crippen LogP contribution in [-0.2, 0) is 6.54 Å². The van der Waals surface area contributed by atoms with E-state index in [4.69, 9.17) is 5.26 Å². The van der Waals surface area contributed by atoms with Crippen LogP contribution in [0.3, 0.4) is 0 Å². The fourth-order valence-corrected chi connectivity index (χ4v) is 1.78. The summed E-state index contributed by atoms with van der Waals surface area (Å²) in [5, 5.41) is 8.94. The molecule has 0 N–H and O–H groups in total. The highest BCUT2D eigenvalue weighted by atomic mass is 15.0. The van der Waals surface area contributed by atoms with Gasteiger partial charge >= 0.3 is 0 Å². The van der Waals surface area contributed by atoms with Gasteiger partial charge in [0.2, 0.25) is 0 Å². The fourth-order valence-electron chi connectivity index (χ4n) is 1.78. The molecule has 0 saturated heterocycles. The smallest absolute Gasteiger partial charge is 0.101 e. The molecule has 1 aromatic rings. The maximum atomic E-state index is 8.94. The zero-order chi connectivity index (χ0) is 10.7. The van der Waals surface area contributed by atoms with Crippen molar-refractivity contribution in [1.82, 2.24) is 4.57 Å². The summed E-state index contributed by atoms with van der Waals surface area (Å²) in [6, 6.07) is 4.27. The average Bonchev–Trinajstić information content (AvgIpc) is 2.45. The molecular weight excluding hydrogens is 172 g/mol. The van der Waals surface area contributed by atoms with Crippen LogP contribution in [0.1, 0.15) is 50.1 Å². The molecular formula is C12H18N2. The van der Waals surface area contributed by atoms with E-state index in [2.05, 4.69) is 31.4 Å². The van der Waals surface area contributed by atoms with Crippen LogP contribution in [0.25, 0.3) is 0 Å². The van der Waals surface area contributed by atoms with Crippen molar-refractivity contribution < 1.29 is 0 Å². The molecule has 1 rings (SSSR count). The first-order valence-electron chi connectivity index (χ1n) is 5.21. The van der Waals surface area contributed by atoms with E-state index in [1.165, 1.54) is 5.69 Å². The predicted octanol–water partition coefficient (Wildman–Crippen LogP) is 3.20. The molecule has 1 aromatic heterocycles. The summed E-state index contributed by atoms with van der Waals surface area (Å²) in [6.07, 6.45) is 1.11. The Labute approximate surface area is 86.2 Å². The van der Waals surface area contributed by atoms with Crippen molar-refractivity contribution >= 4 is 0 Å². The van der Waals surface area contributed by atoms with Crippen LogP contribution >= 0.6 is 0 Å². The normalized spacial score (nSPS) is 10.6. The number of hydrogen-bond donors (Lipinski definition) is 0. The van der Waals surface area contributed by atoms with Gasteiger partial charge in [-0.1, -0.05) is 20.8 Å². The molecule has 0 fully saturated rings. The van der Waals surface area contributed by atoms with Crippen LogP contribution in [0.15, 0.2) is 6.07 Å². The average molecular weight is 190 g/mol. The second kappa shape index (κ2) is 4.32. The molecule has 14 heavy (non-hydrogen) atoms. The highest BCUT2D eigenvalue weighted by Crippen LogP contribution is 2.22. The molecule has 0 radical (unpaired) electrons. The maximum Gasteiger partial charge on any atom is 0.101 e. The summed E-state index contributed by atoms with van der Waals surface area (Å²) in [5.41, 5.74) is 3.21. The van der Waals surface area contributed by atoms with Gasteiger partial charge in [-0.25, -0.2) is 0 Å². The first kappa shape index (κ1) is 10.8. The molecule has 0 spiro atoms. The van der Waals surface area contributed by atoms with E-state index in [0.29, 0.717) is 5.92 Å². The van der Waals surface area contributed by atoms with Gasteiger partial charge in [-0.3, -0.25) is 0 Å². The SMILES string of the molecule is CCCn1c(C(C)C)cc(C#N)c1C. The summed E-state index contributed by atoms with van der Waals surface area (Å²) < 4.78 is 2.27. The molecule has 0 aliphatic rings.